The first-order valence-electron chi connectivity index (χ1n) is 8.88. The van der Waals surface area contributed by atoms with Crippen molar-refractivity contribution in [2.45, 2.75) is 31.9 Å². The predicted octanol–water partition coefficient (Wildman–Crippen LogP) is 3.62. The molecule has 2 amide bonds. The summed E-state index contributed by atoms with van der Waals surface area (Å²) in [7, 11) is 0. The Kier molecular flexibility index (Phi) is 6.20. The van der Waals surface area contributed by atoms with Crippen molar-refractivity contribution in [1.82, 2.24) is 4.90 Å². The van der Waals surface area contributed by atoms with Gasteiger partial charge in [-0.15, -0.1) is 0 Å². The van der Waals surface area contributed by atoms with E-state index in [9.17, 15) is 14.4 Å². The molecule has 0 saturated carbocycles. The van der Waals surface area contributed by atoms with Crippen LogP contribution in [0.1, 0.15) is 36.4 Å². The molecule has 27 heavy (non-hydrogen) atoms. The quantitative estimate of drug-likeness (QED) is 0.699. The second-order valence-electron chi connectivity index (χ2n) is 6.27. The Hall–Kier alpha value is -3.15. The molecule has 6 nitrogen and oxygen atoms in total. The maximum atomic E-state index is 12.5. The smallest absolute Gasteiger partial charge is 0.417 e. The zero-order valence-electron chi connectivity index (χ0n) is 14.9. The molecule has 0 radical (unpaired) electrons. The normalized spacial score (nSPS) is 16.1. The van der Waals surface area contributed by atoms with Gasteiger partial charge in [-0.3, -0.25) is 9.59 Å². The number of esters is 1. The van der Waals surface area contributed by atoms with Crippen molar-refractivity contribution in [3.63, 3.8) is 0 Å². The fourth-order valence-electron chi connectivity index (χ4n) is 2.93. The zero-order chi connectivity index (χ0) is 19.1. The highest BCUT2D eigenvalue weighted by Gasteiger charge is 2.38. The minimum atomic E-state index is -0.638. The van der Waals surface area contributed by atoms with Gasteiger partial charge >= 0.3 is 12.1 Å². The van der Waals surface area contributed by atoms with E-state index >= 15 is 0 Å². The molecule has 0 N–H and O–H groups in total. The Labute approximate surface area is 157 Å². The van der Waals surface area contributed by atoms with Crippen molar-refractivity contribution in [2.24, 2.45) is 0 Å². The molecule has 2 aromatic carbocycles. The van der Waals surface area contributed by atoms with Crippen molar-refractivity contribution >= 4 is 18.0 Å². The van der Waals surface area contributed by atoms with Gasteiger partial charge in [-0.25, -0.2) is 9.69 Å². The summed E-state index contributed by atoms with van der Waals surface area (Å²) in [6.07, 6.45) is -0.117. The number of carbonyl (C=O) groups is 3. The molecule has 1 unspecified atom stereocenters. The lowest BCUT2D eigenvalue weighted by Crippen LogP contribution is -2.34. The van der Waals surface area contributed by atoms with E-state index in [4.69, 9.17) is 9.47 Å². The number of hydrogen-bond acceptors (Lipinski definition) is 5. The summed E-state index contributed by atoms with van der Waals surface area (Å²) in [6.45, 7) is 0.357. The van der Waals surface area contributed by atoms with Crippen LogP contribution < -0.4 is 0 Å². The summed E-state index contributed by atoms with van der Waals surface area (Å²) in [5.41, 5.74) is 1.76. The minimum Gasteiger partial charge on any atom is -0.461 e. The fraction of sp³-hybridized carbons (Fsp3) is 0.286. The molecular weight excluding hydrogens is 346 g/mol. The molecule has 1 aliphatic heterocycles. The van der Waals surface area contributed by atoms with E-state index in [1.807, 2.05) is 60.7 Å². The average Bonchev–Trinajstić information content (AvgIpc) is 3.09. The van der Waals surface area contributed by atoms with Gasteiger partial charge in [0.2, 0.25) is 5.91 Å². The summed E-state index contributed by atoms with van der Waals surface area (Å²) in [4.78, 5) is 37.4. The number of imide groups is 1. The summed E-state index contributed by atoms with van der Waals surface area (Å²) in [6, 6.07) is 18.3. The van der Waals surface area contributed by atoms with Crippen LogP contribution in [0.2, 0.25) is 0 Å². The van der Waals surface area contributed by atoms with Crippen LogP contribution in [0.15, 0.2) is 60.7 Å². The maximum Gasteiger partial charge on any atom is 0.417 e. The molecule has 2 aromatic rings. The van der Waals surface area contributed by atoms with Gasteiger partial charge in [0, 0.05) is 12.8 Å². The van der Waals surface area contributed by atoms with Gasteiger partial charge in [0.05, 0.1) is 0 Å². The van der Waals surface area contributed by atoms with E-state index in [1.54, 1.807) is 0 Å². The number of carbonyl (C=O) groups excluding carboxylic acids is 3. The van der Waals surface area contributed by atoms with Crippen LogP contribution in [-0.2, 0) is 25.7 Å². The van der Waals surface area contributed by atoms with E-state index in [1.165, 1.54) is 0 Å². The molecule has 3 rings (SSSR count). The average molecular weight is 367 g/mol. The highest BCUT2D eigenvalue weighted by molar-refractivity contribution is 5.93. The van der Waals surface area contributed by atoms with Crippen molar-refractivity contribution in [3.8, 4) is 0 Å². The monoisotopic (exact) mass is 367 g/mol. The Morgan fingerprint density at radius 2 is 1.67 bits per heavy atom. The number of ether oxygens (including phenoxy) is 2. The first-order chi connectivity index (χ1) is 13.1. The van der Waals surface area contributed by atoms with Gasteiger partial charge in [0.1, 0.15) is 19.3 Å². The van der Waals surface area contributed by atoms with E-state index in [-0.39, 0.29) is 37.9 Å². The molecule has 140 valence electrons. The molecule has 1 fully saturated rings. The third-order valence-corrected chi connectivity index (χ3v) is 4.34. The van der Waals surface area contributed by atoms with Crippen molar-refractivity contribution in [2.75, 3.05) is 6.61 Å². The van der Waals surface area contributed by atoms with Crippen LogP contribution in [0.25, 0.3) is 0 Å². The van der Waals surface area contributed by atoms with Gasteiger partial charge in [0.25, 0.3) is 0 Å². The third kappa shape index (κ3) is 4.94. The van der Waals surface area contributed by atoms with Crippen LogP contribution in [0.5, 0.6) is 0 Å². The molecular formula is C21H21NO5. The first-order valence-corrected chi connectivity index (χ1v) is 8.88. The largest absolute Gasteiger partial charge is 0.461 e. The molecule has 1 heterocycles. The number of amides is 2. The fourth-order valence-corrected chi connectivity index (χ4v) is 2.93. The second-order valence-corrected chi connectivity index (χ2v) is 6.27. The number of rotatable bonds is 7. The van der Waals surface area contributed by atoms with Crippen molar-refractivity contribution in [3.05, 3.63) is 71.8 Å². The highest BCUT2D eigenvalue weighted by atomic mass is 16.6. The Bertz CT molecular complexity index is 791. The van der Waals surface area contributed by atoms with Gasteiger partial charge in [-0.1, -0.05) is 60.7 Å². The molecule has 0 aromatic heterocycles. The SMILES string of the molecule is O=C(CCCC(=O)N1C(=O)OCC1c1ccccc1)OCc1ccccc1. The van der Waals surface area contributed by atoms with Gasteiger partial charge < -0.3 is 9.47 Å². The number of cyclic esters (lactones) is 1. The summed E-state index contributed by atoms with van der Waals surface area (Å²) in [5, 5.41) is 0. The highest BCUT2D eigenvalue weighted by Crippen LogP contribution is 2.28. The van der Waals surface area contributed by atoms with Crippen molar-refractivity contribution in [1.29, 1.82) is 0 Å². The van der Waals surface area contributed by atoms with E-state index in [0.29, 0.717) is 6.42 Å². The van der Waals surface area contributed by atoms with Crippen molar-refractivity contribution < 1.29 is 23.9 Å². The van der Waals surface area contributed by atoms with Gasteiger partial charge in [0.15, 0.2) is 0 Å². The number of benzene rings is 2. The van der Waals surface area contributed by atoms with Gasteiger partial charge in [-0.2, -0.15) is 0 Å². The topological polar surface area (TPSA) is 72.9 Å². The maximum absolute atomic E-state index is 12.5. The standard InChI is InChI=1S/C21H21NO5/c23-19(12-7-13-20(24)26-14-16-8-3-1-4-9-16)22-18(15-27-21(22)25)17-10-5-2-6-11-17/h1-6,8-11,18H,7,12-15H2. The summed E-state index contributed by atoms with van der Waals surface area (Å²) >= 11 is 0. The molecule has 1 atom stereocenters. The molecule has 0 bridgehead atoms. The molecule has 6 heteroatoms. The van der Waals surface area contributed by atoms with Crippen LogP contribution in [0.4, 0.5) is 4.79 Å². The predicted molar refractivity (Wildman–Crippen MR) is 97.5 cm³/mol. The van der Waals surface area contributed by atoms with E-state index in [0.717, 1.165) is 16.0 Å². The van der Waals surface area contributed by atoms with Crippen LogP contribution in [-0.4, -0.2) is 29.5 Å². The Morgan fingerprint density at radius 1 is 1.00 bits per heavy atom. The van der Waals surface area contributed by atoms with Crippen LogP contribution in [0.3, 0.4) is 0 Å². The minimum absolute atomic E-state index is 0.0822. The first kappa shape index (κ1) is 18.6. The summed E-state index contributed by atoms with van der Waals surface area (Å²) in [5.74, 6) is -0.711. The van der Waals surface area contributed by atoms with Crippen LogP contribution >= 0.6 is 0 Å². The molecule has 0 spiro atoms. The van der Waals surface area contributed by atoms with E-state index in [2.05, 4.69) is 0 Å². The lowest BCUT2D eigenvalue weighted by Gasteiger charge is -2.19. The third-order valence-electron chi connectivity index (χ3n) is 4.34. The van der Waals surface area contributed by atoms with Gasteiger partial charge in [-0.05, 0) is 17.5 Å². The lowest BCUT2D eigenvalue weighted by atomic mass is 10.1. The van der Waals surface area contributed by atoms with E-state index < -0.39 is 12.1 Å². The van der Waals surface area contributed by atoms with Crippen LogP contribution in [0, 0.1) is 0 Å². The Morgan fingerprint density at radius 3 is 2.37 bits per heavy atom. The lowest BCUT2D eigenvalue weighted by molar-refractivity contribution is -0.145. The molecule has 1 saturated heterocycles. The Balaban J connectivity index is 1.46. The number of nitrogens with zero attached hydrogens (tertiary/aromatic N) is 1. The zero-order valence-corrected chi connectivity index (χ0v) is 14.9. The molecule has 0 aliphatic carbocycles. The summed E-state index contributed by atoms with van der Waals surface area (Å²) < 4.78 is 10.2. The second kappa shape index (κ2) is 8.98. The molecule has 1 aliphatic rings. The number of hydrogen-bond donors (Lipinski definition) is 0.